The lowest BCUT2D eigenvalue weighted by atomic mass is 10.0. The van der Waals surface area contributed by atoms with Crippen molar-refractivity contribution in [3.05, 3.63) is 52.8 Å². The molecular formula is C14H14ClN3O. The quantitative estimate of drug-likeness (QED) is 0.935. The molecule has 3 rings (SSSR count). The van der Waals surface area contributed by atoms with Crippen molar-refractivity contribution in [2.45, 2.75) is 18.4 Å². The fourth-order valence-corrected chi connectivity index (χ4v) is 2.38. The third-order valence-electron chi connectivity index (χ3n) is 3.55. The normalized spacial score (nSPS) is 16.1. The molecule has 1 aliphatic carbocycles. The first-order valence-corrected chi connectivity index (χ1v) is 6.55. The summed E-state index contributed by atoms with van der Waals surface area (Å²) >= 11 is 5.89. The molecule has 1 aromatic carbocycles. The van der Waals surface area contributed by atoms with Gasteiger partial charge >= 0.3 is 0 Å². The van der Waals surface area contributed by atoms with Gasteiger partial charge in [-0.3, -0.25) is 9.48 Å². The summed E-state index contributed by atoms with van der Waals surface area (Å²) in [5.41, 5.74) is 1.44. The first-order valence-electron chi connectivity index (χ1n) is 6.17. The summed E-state index contributed by atoms with van der Waals surface area (Å²) in [6.07, 6.45) is 3.53. The van der Waals surface area contributed by atoms with Crippen LogP contribution in [0.4, 0.5) is 0 Å². The van der Waals surface area contributed by atoms with E-state index in [0.29, 0.717) is 10.7 Å². The Morgan fingerprint density at radius 1 is 1.32 bits per heavy atom. The zero-order chi connectivity index (χ0) is 13.5. The maximum Gasteiger partial charge on any atom is 0.270 e. The highest BCUT2D eigenvalue weighted by Crippen LogP contribution is 2.45. The highest BCUT2D eigenvalue weighted by Gasteiger charge is 2.45. The second-order valence-electron chi connectivity index (χ2n) is 4.88. The van der Waals surface area contributed by atoms with Crippen LogP contribution < -0.4 is 5.32 Å². The molecule has 98 valence electrons. The summed E-state index contributed by atoms with van der Waals surface area (Å²) in [5.74, 6) is -0.0903. The monoisotopic (exact) mass is 275 g/mol. The van der Waals surface area contributed by atoms with Crippen LogP contribution in [0.5, 0.6) is 0 Å². The molecule has 5 heteroatoms. The highest BCUT2D eigenvalue weighted by molar-refractivity contribution is 6.30. The molecule has 1 heterocycles. The Bertz CT molecular complexity index is 614. The lowest BCUT2D eigenvalue weighted by Gasteiger charge is -2.18. The van der Waals surface area contributed by atoms with E-state index in [-0.39, 0.29) is 11.4 Å². The maximum absolute atomic E-state index is 12.2. The van der Waals surface area contributed by atoms with Crippen molar-refractivity contribution in [1.29, 1.82) is 0 Å². The zero-order valence-corrected chi connectivity index (χ0v) is 11.3. The van der Waals surface area contributed by atoms with Crippen LogP contribution in [0.3, 0.4) is 0 Å². The molecule has 1 amide bonds. The number of hydrogen-bond donors (Lipinski definition) is 1. The number of benzene rings is 1. The second kappa shape index (κ2) is 4.38. The van der Waals surface area contributed by atoms with Crippen molar-refractivity contribution < 1.29 is 4.79 Å². The average Bonchev–Trinajstić information content (AvgIpc) is 3.03. The number of carbonyl (C=O) groups is 1. The Labute approximate surface area is 116 Å². The van der Waals surface area contributed by atoms with Gasteiger partial charge in [0.2, 0.25) is 0 Å². The van der Waals surface area contributed by atoms with Gasteiger partial charge in [0.25, 0.3) is 5.91 Å². The van der Waals surface area contributed by atoms with E-state index < -0.39 is 0 Å². The number of amides is 1. The number of rotatable bonds is 3. The van der Waals surface area contributed by atoms with E-state index in [1.807, 2.05) is 24.3 Å². The minimum absolute atomic E-state index is 0.0903. The van der Waals surface area contributed by atoms with E-state index >= 15 is 0 Å². The van der Waals surface area contributed by atoms with Gasteiger partial charge in [-0.2, -0.15) is 5.10 Å². The Morgan fingerprint density at radius 2 is 2.00 bits per heavy atom. The summed E-state index contributed by atoms with van der Waals surface area (Å²) in [7, 11) is 1.76. The number of nitrogens with zero attached hydrogens (tertiary/aromatic N) is 2. The predicted octanol–water partition coefficient (Wildman–Crippen LogP) is 2.49. The molecule has 0 radical (unpaired) electrons. The Balaban J connectivity index is 1.81. The van der Waals surface area contributed by atoms with Crippen molar-refractivity contribution in [2.75, 3.05) is 0 Å². The molecule has 0 saturated heterocycles. The fourth-order valence-electron chi connectivity index (χ4n) is 2.26. The standard InChI is InChI=1S/C14H14ClN3O/c1-18-12(6-9-16-18)13(19)17-14(7-8-14)10-2-4-11(15)5-3-10/h2-6,9H,7-8H2,1H3,(H,17,19). The van der Waals surface area contributed by atoms with Crippen LogP contribution in [-0.2, 0) is 12.6 Å². The largest absolute Gasteiger partial charge is 0.341 e. The Hall–Kier alpha value is -1.81. The predicted molar refractivity (Wildman–Crippen MR) is 73.0 cm³/mol. The molecule has 0 atom stereocenters. The molecule has 1 saturated carbocycles. The van der Waals surface area contributed by atoms with Crippen molar-refractivity contribution >= 4 is 17.5 Å². The number of aromatic nitrogens is 2. The summed E-state index contributed by atoms with van der Waals surface area (Å²) in [4.78, 5) is 12.2. The van der Waals surface area contributed by atoms with Crippen LogP contribution in [0, 0.1) is 0 Å². The van der Waals surface area contributed by atoms with Gasteiger partial charge in [-0.25, -0.2) is 0 Å². The van der Waals surface area contributed by atoms with Gasteiger partial charge in [-0.15, -0.1) is 0 Å². The smallest absolute Gasteiger partial charge is 0.270 e. The number of aryl methyl sites for hydroxylation is 1. The molecule has 0 bridgehead atoms. The molecule has 19 heavy (non-hydrogen) atoms. The average molecular weight is 276 g/mol. The lowest BCUT2D eigenvalue weighted by Crippen LogP contribution is -2.35. The van der Waals surface area contributed by atoms with E-state index in [0.717, 1.165) is 18.4 Å². The molecule has 1 aromatic heterocycles. The van der Waals surface area contributed by atoms with Crippen LogP contribution in [0.25, 0.3) is 0 Å². The molecule has 0 spiro atoms. The third kappa shape index (κ3) is 2.24. The second-order valence-corrected chi connectivity index (χ2v) is 5.32. The van der Waals surface area contributed by atoms with E-state index in [9.17, 15) is 4.79 Å². The molecule has 0 aliphatic heterocycles. The SMILES string of the molecule is Cn1nccc1C(=O)NC1(c2ccc(Cl)cc2)CC1. The van der Waals surface area contributed by atoms with E-state index in [1.165, 1.54) is 0 Å². The van der Waals surface area contributed by atoms with Crippen molar-refractivity contribution in [2.24, 2.45) is 7.05 Å². The topological polar surface area (TPSA) is 46.9 Å². The molecule has 1 aliphatic rings. The van der Waals surface area contributed by atoms with Gasteiger partial charge in [-0.1, -0.05) is 23.7 Å². The summed E-state index contributed by atoms with van der Waals surface area (Å²) in [6, 6.07) is 9.37. The van der Waals surface area contributed by atoms with Crippen LogP contribution in [0.15, 0.2) is 36.5 Å². The molecule has 1 fully saturated rings. The lowest BCUT2D eigenvalue weighted by molar-refractivity contribution is 0.0921. The van der Waals surface area contributed by atoms with Crippen molar-refractivity contribution in [3.63, 3.8) is 0 Å². The zero-order valence-electron chi connectivity index (χ0n) is 10.6. The highest BCUT2D eigenvalue weighted by atomic mass is 35.5. The van der Waals surface area contributed by atoms with Crippen molar-refractivity contribution in [3.8, 4) is 0 Å². The van der Waals surface area contributed by atoms with Crippen LogP contribution in [0.1, 0.15) is 28.9 Å². The maximum atomic E-state index is 12.2. The van der Waals surface area contributed by atoms with Crippen molar-refractivity contribution in [1.82, 2.24) is 15.1 Å². The van der Waals surface area contributed by atoms with E-state index in [2.05, 4.69) is 10.4 Å². The fraction of sp³-hybridized carbons (Fsp3) is 0.286. The third-order valence-corrected chi connectivity index (χ3v) is 3.81. The Morgan fingerprint density at radius 3 is 2.53 bits per heavy atom. The number of hydrogen-bond acceptors (Lipinski definition) is 2. The summed E-state index contributed by atoms with van der Waals surface area (Å²) in [5, 5.41) is 7.82. The first-order chi connectivity index (χ1) is 9.11. The molecule has 2 aromatic rings. The first kappa shape index (κ1) is 12.2. The van der Waals surface area contributed by atoms with Gasteiger partial charge in [0.05, 0.1) is 5.54 Å². The van der Waals surface area contributed by atoms with E-state index in [4.69, 9.17) is 11.6 Å². The number of carbonyl (C=O) groups excluding carboxylic acids is 1. The molecule has 1 N–H and O–H groups in total. The summed E-state index contributed by atoms with van der Waals surface area (Å²) in [6.45, 7) is 0. The van der Waals surface area contributed by atoms with Crippen LogP contribution in [0.2, 0.25) is 5.02 Å². The minimum Gasteiger partial charge on any atom is -0.341 e. The molecule has 4 nitrogen and oxygen atoms in total. The van der Waals surface area contributed by atoms with Gasteiger partial charge in [0.1, 0.15) is 5.69 Å². The Kier molecular flexibility index (Phi) is 2.82. The van der Waals surface area contributed by atoms with Gasteiger partial charge in [0.15, 0.2) is 0 Å². The van der Waals surface area contributed by atoms with Crippen LogP contribution in [-0.4, -0.2) is 15.7 Å². The number of halogens is 1. The number of nitrogens with one attached hydrogen (secondary N) is 1. The molecular weight excluding hydrogens is 262 g/mol. The van der Waals surface area contributed by atoms with Crippen LogP contribution >= 0.6 is 11.6 Å². The summed E-state index contributed by atoms with van der Waals surface area (Å²) < 4.78 is 1.58. The van der Waals surface area contributed by atoms with Gasteiger partial charge < -0.3 is 5.32 Å². The molecule has 0 unspecified atom stereocenters. The van der Waals surface area contributed by atoms with Gasteiger partial charge in [-0.05, 0) is 36.6 Å². The van der Waals surface area contributed by atoms with E-state index in [1.54, 1.807) is 24.0 Å². The minimum atomic E-state index is -0.230. The van der Waals surface area contributed by atoms with Gasteiger partial charge in [0, 0.05) is 18.3 Å².